The molecule has 4 rings (SSSR count). The molecule has 1 aliphatic heterocycles. The summed E-state index contributed by atoms with van der Waals surface area (Å²) < 4.78 is 8.25. The van der Waals surface area contributed by atoms with Gasteiger partial charge < -0.3 is 14.2 Å². The van der Waals surface area contributed by atoms with Gasteiger partial charge in [-0.15, -0.1) is 0 Å². The lowest BCUT2D eigenvalue weighted by molar-refractivity contribution is 0.230. The van der Waals surface area contributed by atoms with Crippen molar-refractivity contribution in [2.75, 3.05) is 19.7 Å². The number of ether oxygens (including phenoxy) is 1. The molecule has 26 heavy (non-hydrogen) atoms. The lowest BCUT2D eigenvalue weighted by Crippen LogP contribution is -2.28. The van der Waals surface area contributed by atoms with Crippen LogP contribution in [0.1, 0.15) is 31.9 Å². The van der Waals surface area contributed by atoms with E-state index >= 15 is 0 Å². The Morgan fingerprint density at radius 3 is 2.65 bits per heavy atom. The summed E-state index contributed by atoms with van der Waals surface area (Å²) in [5.74, 6) is 0.956. The van der Waals surface area contributed by atoms with Gasteiger partial charge in [0.25, 0.3) is 0 Å². The lowest BCUT2D eigenvalue weighted by atomic mass is 10.2. The quantitative estimate of drug-likeness (QED) is 0.570. The highest BCUT2D eigenvalue weighted by Crippen LogP contribution is 2.25. The summed E-state index contributed by atoms with van der Waals surface area (Å²) in [5.41, 5.74) is 3.68. The molecule has 3 heteroatoms. The van der Waals surface area contributed by atoms with Gasteiger partial charge in [0.1, 0.15) is 5.75 Å². The molecule has 1 aromatic heterocycles. The molecule has 1 atom stereocenters. The van der Waals surface area contributed by atoms with Crippen LogP contribution in [0.2, 0.25) is 0 Å². The van der Waals surface area contributed by atoms with Gasteiger partial charge in [0.2, 0.25) is 0 Å². The molecule has 2 heterocycles. The third-order valence-corrected chi connectivity index (χ3v) is 5.54. The van der Waals surface area contributed by atoms with Gasteiger partial charge in [-0.1, -0.05) is 18.2 Å². The van der Waals surface area contributed by atoms with E-state index in [1.165, 1.54) is 41.7 Å². The van der Waals surface area contributed by atoms with Crippen LogP contribution in [0.3, 0.4) is 0 Å². The van der Waals surface area contributed by atoms with E-state index in [-0.39, 0.29) is 0 Å². The van der Waals surface area contributed by atoms with Crippen LogP contribution in [-0.4, -0.2) is 35.2 Å². The normalized spacial score (nSPS) is 17.8. The Morgan fingerprint density at radius 2 is 1.88 bits per heavy atom. The van der Waals surface area contributed by atoms with E-state index in [0.717, 1.165) is 31.4 Å². The van der Waals surface area contributed by atoms with Crippen molar-refractivity contribution >= 4 is 10.9 Å². The van der Waals surface area contributed by atoms with Crippen molar-refractivity contribution in [2.24, 2.45) is 0 Å². The van der Waals surface area contributed by atoms with E-state index in [9.17, 15) is 0 Å². The molecule has 0 radical (unpaired) electrons. The number of aryl methyl sites for hydroxylation is 1. The summed E-state index contributed by atoms with van der Waals surface area (Å²) in [6.45, 7) is 7.67. The van der Waals surface area contributed by atoms with Gasteiger partial charge in [-0.05, 0) is 76.1 Å². The second-order valence-electron chi connectivity index (χ2n) is 7.40. The number of aromatic nitrogens is 1. The van der Waals surface area contributed by atoms with Gasteiger partial charge in [-0.3, -0.25) is 0 Å². The van der Waals surface area contributed by atoms with Crippen molar-refractivity contribution in [1.82, 2.24) is 9.47 Å². The summed E-state index contributed by atoms with van der Waals surface area (Å²) >= 11 is 0. The molecule has 0 aliphatic carbocycles. The summed E-state index contributed by atoms with van der Waals surface area (Å²) in [6, 6.07) is 20.0. The molecular formula is C23H28N2O. The molecule has 0 bridgehead atoms. The Hall–Kier alpha value is -2.26. The molecule has 3 nitrogen and oxygen atoms in total. The van der Waals surface area contributed by atoms with E-state index in [1.807, 2.05) is 0 Å². The molecule has 0 unspecified atom stereocenters. The van der Waals surface area contributed by atoms with E-state index in [4.69, 9.17) is 4.74 Å². The fourth-order valence-electron chi connectivity index (χ4n) is 4.11. The zero-order valence-corrected chi connectivity index (χ0v) is 15.8. The average molecular weight is 348 g/mol. The Bertz CT molecular complexity index is 866. The Morgan fingerprint density at radius 1 is 1.08 bits per heavy atom. The van der Waals surface area contributed by atoms with Crippen molar-refractivity contribution in [3.8, 4) is 11.4 Å². The maximum Gasteiger partial charge on any atom is 0.119 e. The minimum Gasteiger partial charge on any atom is -0.494 e. The highest BCUT2D eigenvalue weighted by molar-refractivity contribution is 5.83. The number of fused-ring (bicyclic) bond motifs is 1. The first-order valence-corrected chi connectivity index (χ1v) is 9.77. The van der Waals surface area contributed by atoms with Crippen LogP contribution >= 0.6 is 0 Å². The fourth-order valence-corrected chi connectivity index (χ4v) is 4.11. The topological polar surface area (TPSA) is 17.4 Å². The Kier molecular flexibility index (Phi) is 4.98. The zero-order valence-electron chi connectivity index (χ0n) is 15.8. The molecule has 2 aromatic carbocycles. The smallest absolute Gasteiger partial charge is 0.119 e. The van der Waals surface area contributed by atoms with Crippen molar-refractivity contribution in [3.05, 3.63) is 60.3 Å². The summed E-state index contributed by atoms with van der Waals surface area (Å²) in [7, 11) is 0. The van der Waals surface area contributed by atoms with Crippen molar-refractivity contribution < 1.29 is 4.74 Å². The largest absolute Gasteiger partial charge is 0.494 e. The standard InChI is InChI=1S/C23H28N2O/c1-18-7-5-14-24(18)15-6-16-26-22-12-10-21(11-13-22)25-19(2)17-20-8-3-4-9-23(20)25/h3-4,8-13,17-18H,5-7,14-16H2,1-2H3/t18-/m1/s1. The van der Waals surface area contributed by atoms with Gasteiger partial charge in [-0.2, -0.15) is 0 Å². The van der Waals surface area contributed by atoms with E-state index < -0.39 is 0 Å². The molecular weight excluding hydrogens is 320 g/mol. The fraction of sp³-hybridized carbons (Fsp3) is 0.391. The molecule has 0 spiro atoms. The minimum absolute atomic E-state index is 0.744. The van der Waals surface area contributed by atoms with Crippen LogP contribution < -0.4 is 4.74 Å². The number of likely N-dealkylation sites (tertiary alicyclic amines) is 1. The molecule has 0 amide bonds. The average Bonchev–Trinajstić information content (AvgIpc) is 3.21. The van der Waals surface area contributed by atoms with Crippen LogP contribution in [0.25, 0.3) is 16.6 Å². The van der Waals surface area contributed by atoms with Crippen LogP contribution in [0.4, 0.5) is 0 Å². The second-order valence-corrected chi connectivity index (χ2v) is 7.40. The van der Waals surface area contributed by atoms with Gasteiger partial charge in [0, 0.05) is 29.4 Å². The first-order chi connectivity index (χ1) is 12.7. The van der Waals surface area contributed by atoms with Crippen molar-refractivity contribution in [1.29, 1.82) is 0 Å². The number of para-hydroxylation sites is 1. The van der Waals surface area contributed by atoms with Gasteiger partial charge >= 0.3 is 0 Å². The predicted molar refractivity (Wildman–Crippen MR) is 108 cm³/mol. The van der Waals surface area contributed by atoms with Crippen molar-refractivity contribution in [3.63, 3.8) is 0 Å². The molecule has 1 fully saturated rings. The molecule has 0 N–H and O–H groups in total. The number of rotatable bonds is 6. The second kappa shape index (κ2) is 7.55. The van der Waals surface area contributed by atoms with E-state index in [0.29, 0.717) is 0 Å². The maximum atomic E-state index is 5.96. The summed E-state index contributed by atoms with van der Waals surface area (Å²) in [6.07, 6.45) is 3.78. The summed E-state index contributed by atoms with van der Waals surface area (Å²) in [4.78, 5) is 2.58. The highest BCUT2D eigenvalue weighted by Gasteiger charge is 2.19. The lowest BCUT2D eigenvalue weighted by Gasteiger charge is -2.20. The van der Waals surface area contributed by atoms with Gasteiger partial charge in [-0.25, -0.2) is 0 Å². The predicted octanol–water partition coefficient (Wildman–Crippen LogP) is 5.19. The van der Waals surface area contributed by atoms with E-state index in [2.05, 4.69) is 77.9 Å². The van der Waals surface area contributed by atoms with Gasteiger partial charge in [0.05, 0.1) is 12.1 Å². The number of hydrogen-bond acceptors (Lipinski definition) is 2. The number of hydrogen-bond donors (Lipinski definition) is 0. The van der Waals surface area contributed by atoms with Crippen molar-refractivity contribution in [2.45, 2.75) is 39.2 Å². The minimum atomic E-state index is 0.744. The van der Waals surface area contributed by atoms with Gasteiger partial charge in [0.15, 0.2) is 0 Å². The van der Waals surface area contributed by atoms with E-state index in [1.54, 1.807) is 0 Å². The van der Waals surface area contributed by atoms with Crippen LogP contribution in [-0.2, 0) is 0 Å². The SMILES string of the molecule is Cc1cc2ccccc2n1-c1ccc(OCCCN2CCC[C@H]2C)cc1. The third kappa shape index (κ3) is 3.49. The Labute approximate surface area is 156 Å². The third-order valence-electron chi connectivity index (χ3n) is 5.54. The maximum absolute atomic E-state index is 5.96. The highest BCUT2D eigenvalue weighted by atomic mass is 16.5. The molecule has 1 aliphatic rings. The van der Waals surface area contributed by atoms with Crippen LogP contribution in [0, 0.1) is 6.92 Å². The first-order valence-electron chi connectivity index (χ1n) is 9.77. The monoisotopic (exact) mass is 348 g/mol. The Balaban J connectivity index is 1.38. The molecule has 3 aromatic rings. The first kappa shape index (κ1) is 17.2. The number of nitrogens with zero attached hydrogens (tertiary/aromatic N) is 2. The molecule has 1 saturated heterocycles. The van der Waals surface area contributed by atoms with Crippen LogP contribution in [0.15, 0.2) is 54.6 Å². The summed E-state index contributed by atoms with van der Waals surface area (Å²) in [5, 5.41) is 1.28. The molecule has 0 saturated carbocycles. The van der Waals surface area contributed by atoms with Crippen LogP contribution in [0.5, 0.6) is 5.75 Å². The number of benzene rings is 2. The molecule has 136 valence electrons. The zero-order chi connectivity index (χ0) is 17.9.